The Morgan fingerprint density at radius 2 is 2.28 bits per heavy atom. The van der Waals surface area contributed by atoms with Gasteiger partial charge in [0.05, 0.1) is 6.54 Å². The predicted molar refractivity (Wildman–Crippen MR) is 71.3 cm³/mol. The average molecular weight is 281 g/mol. The molecular weight excluding hydrogens is 272 g/mol. The number of anilines is 2. The molecule has 0 amide bonds. The first-order chi connectivity index (χ1) is 8.76. The summed E-state index contributed by atoms with van der Waals surface area (Å²) in [5.41, 5.74) is 6.42. The van der Waals surface area contributed by atoms with Crippen LogP contribution < -0.4 is 11.1 Å². The second-order valence-corrected chi connectivity index (χ2v) is 4.95. The van der Waals surface area contributed by atoms with E-state index in [0.717, 1.165) is 10.8 Å². The van der Waals surface area contributed by atoms with Gasteiger partial charge < -0.3 is 11.1 Å². The maximum Gasteiger partial charge on any atom is 0.236 e. The first-order valence-corrected chi connectivity index (χ1v) is 6.39. The summed E-state index contributed by atoms with van der Waals surface area (Å²) in [6, 6.07) is 7.43. The minimum absolute atomic E-state index is 0.307. The van der Waals surface area contributed by atoms with Crippen LogP contribution in [0.15, 0.2) is 24.3 Å². The lowest BCUT2D eigenvalue weighted by molar-refractivity contribution is 0.821. The Morgan fingerprint density at radius 3 is 3.06 bits per heavy atom. The van der Waals surface area contributed by atoms with Crippen LogP contribution in [0.25, 0.3) is 4.96 Å². The molecule has 0 bridgehead atoms. The summed E-state index contributed by atoms with van der Waals surface area (Å²) in [5, 5.41) is 16.8. The van der Waals surface area contributed by atoms with Crippen molar-refractivity contribution in [2.45, 2.75) is 6.54 Å². The van der Waals surface area contributed by atoms with Crippen LogP contribution in [-0.4, -0.2) is 19.8 Å². The van der Waals surface area contributed by atoms with Crippen LogP contribution in [0, 0.1) is 0 Å². The fraction of sp³-hybridized carbons (Fsp3) is 0.100. The molecule has 0 saturated carbocycles. The zero-order valence-electron chi connectivity index (χ0n) is 9.17. The fourth-order valence-corrected chi connectivity index (χ4v) is 2.49. The lowest BCUT2D eigenvalue weighted by atomic mass is 10.3. The summed E-state index contributed by atoms with van der Waals surface area (Å²) >= 11 is 7.32. The lowest BCUT2D eigenvalue weighted by Gasteiger charge is -2.01. The van der Waals surface area contributed by atoms with Gasteiger partial charge in [-0.2, -0.15) is 4.52 Å². The van der Waals surface area contributed by atoms with Crippen molar-refractivity contribution in [3.63, 3.8) is 0 Å². The largest absolute Gasteiger partial charge is 0.330 e. The van der Waals surface area contributed by atoms with Crippen LogP contribution in [0.3, 0.4) is 0 Å². The van der Waals surface area contributed by atoms with Crippen molar-refractivity contribution in [2.24, 2.45) is 5.73 Å². The predicted octanol–water partition coefficient (Wildman–Crippen LogP) is 2.04. The highest BCUT2D eigenvalue weighted by atomic mass is 35.5. The minimum Gasteiger partial charge on any atom is -0.330 e. The summed E-state index contributed by atoms with van der Waals surface area (Å²) < 4.78 is 1.64. The van der Waals surface area contributed by atoms with Crippen LogP contribution in [-0.2, 0) is 6.54 Å². The number of aromatic nitrogens is 4. The molecule has 0 radical (unpaired) electrons. The van der Waals surface area contributed by atoms with Gasteiger partial charge in [-0.1, -0.05) is 29.0 Å². The van der Waals surface area contributed by atoms with Crippen molar-refractivity contribution in [2.75, 3.05) is 5.32 Å². The molecule has 3 rings (SSSR count). The maximum absolute atomic E-state index is 5.92. The number of benzene rings is 1. The van der Waals surface area contributed by atoms with E-state index in [1.165, 1.54) is 11.3 Å². The zero-order valence-corrected chi connectivity index (χ0v) is 10.7. The lowest BCUT2D eigenvalue weighted by Crippen LogP contribution is -2.03. The highest BCUT2D eigenvalue weighted by Gasteiger charge is 2.10. The van der Waals surface area contributed by atoms with Crippen molar-refractivity contribution in [3.05, 3.63) is 35.1 Å². The minimum atomic E-state index is 0.307. The Balaban J connectivity index is 1.93. The Bertz CT molecular complexity index is 691. The normalized spacial score (nSPS) is 11.0. The van der Waals surface area contributed by atoms with Crippen LogP contribution in [0.4, 0.5) is 10.8 Å². The second kappa shape index (κ2) is 4.52. The van der Waals surface area contributed by atoms with Crippen LogP contribution >= 0.6 is 22.9 Å². The van der Waals surface area contributed by atoms with Gasteiger partial charge in [-0.3, -0.25) is 0 Å². The van der Waals surface area contributed by atoms with E-state index in [0.29, 0.717) is 22.4 Å². The first-order valence-electron chi connectivity index (χ1n) is 5.20. The third kappa shape index (κ3) is 2.03. The van der Waals surface area contributed by atoms with Crippen molar-refractivity contribution in [3.8, 4) is 0 Å². The van der Waals surface area contributed by atoms with E-state index in [9.17, 15) is 0 Å². The third-order valence-corrected chi connectivity index (χ3v) is 3.36. The first kappa shape index (κ1) is 11.4. The number of nitrogens with two attached hydrogens (primary N) is 1. The van der Waals surface area contributed by atoms with E-state index in [-0.39, 0.29) is 0 Å². The smallest absolute Gasteiger partial charge is 0.236 e. The van der Waals surface area contributed by atoms with Crippen molar-refractivity contribution < 1.29 is 0 Å². The quantitative estimate of drug-likeness (QED) is 0.767. The Labute approximate surface area is 111 Å². The SMILES string of the molecule is NCc1nnc2sc(Nc3cccc(Cl)c3)nn12. The molecule has 92 valence electrons. The van der Waals surface area contributed by atoms with Gasteiger partial charge in [0.2, 0.25) is 10.1 Å². The third-order valence-electron chi connectivity index (χ3n) is 2.31. The van der Waals surface area contributed by atoms with E-state index < -0.39 is 0 Å². The number of nitrogens with one attached hydrogen (secondary N) is 1. The van der Waals surface area contributed by atoms with Crippen molar-refractivity contribution in [1.82, 2.24) is 19.8 Å². The number of nitrogens with zero attached hydrogens (tertiary/aromatic N) is 4. The topological polar surface area (TPSA) is 81.1 Å². The molecule has 18 heavy (non-hydrogen) atoms. The van der Waals surface area contributed by atoms with E-state index in [1.807, 2.05) is 24.3 Å². The van der Waals surface area contributed by atoms with Gasteiger partial charge in [0.15, 0.2) is 5.82 Å². The van der Waals surface area contributed by atoms with Gasteiger partial charge in [-0.05, 0) is 18.2 Å². The van der Waals surface area contributed by atoms with Gasteiger partial charge in [0.1, 0.15) is 0 Å². The number of hydrogen-bond acceptors (Lipinski definition) is 6. The van der Waals surface area contributed by atoms with E-state index >= 15 is 0 Å². The summed E-state index contributed by atoms with van der Waals surface area (Å²) in [6.45, 7) is 0.307. The molecular formula is C10H9ClN6S. The average Bonchev–Trinajstić information content (AvgIpc) is 2.88. The molecule has 0 spiro atoms. The fourth-order valence-electron chi connectivity index (χ4n) is 1.52. The molecule has 6 nitrogen and oxygen atoms in total. The Kier molecular flexibility index (Phi) is 2.86. The number of rotatable bonds is 3. The maximum atomic E-state index is 5.92. The molecule has 0 unspecified atom stereocenters. The Morgan fingerprint density at radius 1 is 1.39 bits per heavy atom. The van der Waals surface area contributed by atoms with Crippen LogP contribution in [0.2, 0.25) is 5.02 Å². The van der Waals surface area contributed by atoms with E-state index in [2.05, 4.69) is 20.6 Å². The zero-order chi connectivity index (χ0) is 12.5. The molecule has 2 heterocycles. The summed E-state index contributed by atoms with van der Waals surface area (Å²) in [7, 11) is 0. The van der Waals surface area contributed by atoms with Crippen molar-refractivity contribution in [1.29, 1.82) is 0 Å². The molecule has 3 aromatic rings. The van der Waals surface area contributed by atoms with Gasteiger partial charge in [-0.25, -0.2) is 0 Å². The number of hydrogen-bond donors (Lipinski definition) is 2. The summed E-state index contributed by atoms with van der Waals surface area (Å²) in [6.07, 6.45) is 0. The molecule has 0 atom stereocenters. The standard InChI is InChI=1S/C10H9ClN6S/c11-6-2-1-3-7(4-6)13-9-16-17-8(5-12)14-15-10(17)18-9/h1-4H,5,12H2,(H,13,16). The highest BCUT2D eigenvalue weighted by molar-refractivity contribution is 7.20. The highest BCUT2D eigenvalue weighted by Crippen LogP contribution is 2.24. The molecule has 0 fully saturated rings. The van der Waals surface area contributed by atoms with E-state index in [1.54, 1.807) is 4.52 Å². The molecule has 1 aromatic carbocycles. The van der Waals surface area contributed by atoms with Gasteiger partial charge in [0.25, 0.3) is 0 Å². The Hall–Kier alpha value is -1.70. The second-order valence-electron chi connectivity index (χ2n) is 3.56. The molecule has 8 heteroatoms. The van der Waals surface area contributed by atoms with Crippen LogP contribution in [0.5, 0.6) is 0 Å². The molecule has 3 N–H and O–H groups in total. The van der Waals surface area contributed by atoms with E-state index in [4.69, 9.17) is 17.3 Å². The molecule has 0 aliphatic carbocycles. The van der Waals surface area contributed by atoms with Crippen LogP contribution in [0.1, 0.15) is 5.82 Å². The molecule has 0 saturated heterocycles. The number of halogens is 1. The summed E-state index contributed by atoms with van der Waals surface area (Å²) in [4.78, 5) is 0.708. The molecule has 2 aromatic heterocycles. The summed E-state index contributed by atoms with van der Waals surface area (Å²) in [5.74, 6) is 0.639. The number of fused-ring (bicyclic) bond motifs is 1. The monoisotopic (exact) mass is 280 g/mol. The van der Waals surface area contributed by atoms with Gasteiger partial charge in [-0.15, -0.1) is 15.3 Å². The molecule has 0 aliphatic heterocycles. The van der Waals surface area contributed by atoms with Gasteiger partial charge >= 0.3 is 0 Å². The van der Waals surface area contributed by atoms with Gasteiger partial charge in [0, 0.05) is 10.7 Å². The van der Waals surface area contributed by atoms with Crippen molar-refractivity contribution >= 4 is 38.7 Å². The molecule has 0 aliphatic rings.